The molecule has 1 heterocycles. The molecule has 0 amide bonds. The lowest BCUT2D eigenvalue weighted by atomic mass is 10.1. The lowest BCUT2D eigenvalue weighted by Gasteiger charge is -1.97. The van der Waals surface area contributed by atoms with Crippen LogP contribution in [0.4, 0.5) is 5.69 Å². The molecule has 2 N–H and O–H groups in total. The molecule has 13 heavy (non-hydrogen) atoms. The third-order valence-corrected chi connectivity index (χ3v) is 2.61. The van der Waals surface area contributed by atoms with E-state index in [9.17, 15) is 0 Å². The highest BCUT2D eigenvalue weighted by Crippen LogP contribution is 2.26. The third kappa shape index (κ3) is 1.66. The smallest absolute Gasteiger partial charge is 0.107 e. The fourth-order valence-corrected chi connectivity index (χ4v) is 1.79. The van der Waals surface area contributed by atoms with E-state index in [1.807, 2.05) is 29.6 Å². The van der Waals surface area contributed by atoms with Crippen LogP contribution < -0.4 is 5.73 Å². The van der Waals surface area contributed by atoms with Gasteiger partial charge in [0.25, 0.3) is 0 Å². The number of benzene rings is 1. The molecule has 1 aromatic carbocycles. The molecule has 1 aromatic heterocycles. The van der Waals surface area contributed by atoms with Crippen LogP contribution in [0, 0.1) is 0 Å². The van der Waals surface area contributed by atoms with E-state index in [0.29, 0.717) is 5.69 Å². The molecule has 0 bridgehead atoms. The summed E-state index contributed by atoms with van der Waals surface area (Å²) in [6.07, 6.45) is 0. The highest BCUT2D eigenvalue weighted by Gasteiger charge is 2.04. The zero-order valence-corrected chi connectivity index (χ0v) is 8.27. The molecule has 2 nitrogen and oxygen atoms in total. The van der Waals surface area contributed by atoms with Crippen molar-refractivity contribution in [2.24, 2.45) is 0 Å². The van der Waals surface area contributed by atoms with E-state index >= 15 is 0 Å². The number of halogens is 1. The predicted octanol–water partition coefficient (Wildman–Crippen LogP) is 3.05. The number of nitrogen functional groups attached to an aromatic ring is 1. The molecule has 0 saturated heterocycles. The fourth-order valence-electron chi connectivity index (χ4n) is 1.07. The van der Waals surface area contributed by atoms with Crippen LogP contribution in [0.3, 0.4) is 0 Å². The minimum Gasteiger partial charge on any atom is -0.396 e. The summed E-state index contributed by atoms with van der Waals surface area (Å²) in [5, 5.41) is 2.54. The molecule has 0 aliphatic carbocycles. The van der Waals surface area contributed by atoms with Gasteiger partial charge in [-0.3, -0.25) is 0 Å². The Morgan fingerprint density at radius 2 is 1.92 bits per heavy atom. The van der Waals surface area contributed by atoms with Gasteiger partial charge in [-0.05, 0) is 23.7 Å². The summed E-state index contributed by atoms with van der Waals surface area (Å²) in [6.45, 7) is 0. The van der Waals surface area contributed by atoms with Gasteiger partial charge in [0.15, 0.2) is 0 Å². The van der Waals surface area contributed by atoms with Gasteiger partial charge in [0.2, 0.25) is 0 Å². The van der Waals surface area contributed by atoms with Crippen molar-refractivity contribution in [1.29, 1.82) is 0 Å². The second kappa shape index (κ2) is 3.36. The first kappa shape index (κ1) is 8.53. The van der Waals surface area contributed by atoms with Gasteiger partial charge in [-0.1, -0.05) is 23.7 Å². The van der Waals surface area contributed by atoms with E-state index in [-0.39, 0.29) is 0 Å². The van der Waals surface area contributed by atoms with E-state index in [2.05, 4.69) is 4.37 Å². The Morgan fingerprint density at radius 3 is 2.46 bits per heavy atom. The van der Waals surface area contributed by atoms with Gasteiger partial charge in [0.05, 0.1) is 5.69 Å². The van der Waals surface area contributed by atoms with Crippen molar-refractivity contribution in [2.45, 2.75) is 0 Å². The summed E-state index contributed by atoms with van der Waals surface area (Å²) in [5.41, 5.74) is 8.28. The molecule has 0 aliphatic rings. The average Bonchev–Trinajstić information content (AvgIpc) is 2.53. The molecule has 0 aliphatic heterocycles. The van der Waals surface area contributed by atoms with Crippen molar-refractivity contribution < 1.29 is 0 Å². The number of rotatable bonds is 1. The summed E-state index contributed by atoms with van der Waals surface area (Å²) >= 11 is 7.12. The van der Waals surface area contributed by atoms with Crippen LogP contribution in [-0.2, 0) is 0 Å². The summed E-state index contributed by atoms with van der Waals surface area (Å²) in [4.78, 5) is 0. The normalized spacial score (nSPS) is 10.2. The summed E-state index contributed by atoms with van der Waals surface area (Å²) in [7, 11) is 0. The molecule has 2 rings (SSSR count). The van der Waals surface area contributed by atoms with Crippen LogP contribution in [0.5, 0.6) is 0 Å². The monoisotopic (exact) mass is 210 g/mol. The lowest BCUT2D eigenvalue weighted by Crippen LogP contribution is -1.85. The van der Waals surface area contributed by atoms with Crippen LogP contribution in [0.2, 0.25) is 5.02 Å². The minimum absolute atomic E-state index is 0.715. The van der Waals surface area contributed by atoms with Gasteiger partial charge in [0.1, 0.15) is 5.69 Å². The maximum Gasteiger partial charge on any atom is 0.107 e. The maximum atomic E-state index is 5.76. The first-order valence-corrected chi connectivity index (χ1v) is 4.94. The Morgan fingerprint density at radius 1 is 1.23 bits per heavy atom. The molecule has 0 saturated carbocycles. The van der Waals surface area contributed by atoms with Gasteiger partial charge < -0.3 is 5.73 Å². The molecular formula is C9H7ClN2S. The number of anilines is 1. The second-order valence-corrected chi connectivity index (χ2v) is 3.69. The number of hydrogen-bond acceptors (Lipinski definition) is 3. The Labute approximate surface area is 85.1 Å². The van der Waals surface area contributed by atoms with Crippen molar-refractivity contribution in [1.82, 2.24) is 4.37 Å². The average molecular weight is 211 g/mol. The van der Waals surface area contributed by atoms with E-state index in [4.69, 9.17) is 17.3 Å². The third-order valence-electron chi connectivity index (χ3n) is 1.71. The molecule has 0 spiro atoms. The summed E-state index contributed by atoms with van der Waals surface area (Å²) in [5.74, 6) is 0. The highest BCUT2D eigenvalue weighted by atomic mass is 35.5. The standard InChI is InChI=1S/C9H7ClN2S/c10-7-3-1-6(2-4-7)9-8(11)5-13-12-9/h1-5H,11H2. The minimum atomic E-state index is 0.715. The van der Waals surface area contributed by atoms with Crippen LogP contribution in [0.1, 0.15) is 0 Å². The zero-order valence-electron chi connectivity index (χ0n) is 6.70. The van der Waals surface area contributed by atoms with E-state index in [1.165, 1.54) is 11.5 Å². The second-order valence-electron chi connectivity index (χ2n) is 2.63. The lowest BCUT2D eigenvalue weighted by molar-refractivity contribution is 1.52. The topological polar surface area (TPSA) is 38.9 Å². The van der Waals surface area contributed by atoms with Crippen molar-refractivity contribution in [3.8, 4) is 11.3 Å². The Kier molecular flexibility index (Phi) is 2.20. The molecule has 0 radical (unpaired) electrons. The Hall–Kier alpha value is -1.06. The quantitative estimate of drug-likeness (QED) is 0.786. The van der Waals surface area contributed by atoms with E-state index < -0.39 is 0 Å². The van der Waals surface area contributed by atoms with Gasteiger partial charge >= 0.3 is 0 Å². The molecule has 0 fully saturated rings. The summed E-state index contributed by atoms with van der Waals surface area (Å²) < 4.78 is 4.19. The van der Waals surface area contributed by atoms with Gasteiger partial charge in [-0.25, -0.2) is 0 Å². The number of nitrogens with two attached hydrogens (primary N) is 1. The summed E-state index contributed by atoms with van der Waals surface area (Å²) in [6, 6.07) is 7.48. The van der Waals surface area contributed by atoms with Gasteiger partial charge in [-0.15, -0.1) is 0 Å². The Bertz CT molecular complexity index is 408. The molecule has 2 aromatic rings. The van der Waals surface area contributed by atoms with E-state index in [1.54, 1.807) is 0 Å². The number of nitrogens with zero attached hydrogens (tertiary/aromatic N) is 1. The molecule has 66 valence electrons. The van der Waals surface area contributed by atoms with Crippen molar-refractivity contribution in [2.75, 3.05) is 5.73 Å². The first-order chi connectivity index (χ1) is 6.27. The maximum absolute atomic E-state index is 5.76. The molecule has 0 atom stereocenters. The van der Waals surface area contributed by atoms with Gasteiger partial charge in [-0.2, -0.15) is 4.37 Å². The van der Waals surface area contributed by atoms with Crippen molar-refractivity contribution in [3.63, 3.8) is 0 Å². The fraction of sp³-hybridized carbons (Fsp3) is 0. The van der Waals surface area contributed by atoms with Crippen LogP contribution in [0.15, 0.2) is 29.6 Å². The SMILES string of the molecule is Nc1csnc1-c1ccc(Cl)cc1. The first-order valence-electron chi connectivity index (χ1n) is 3.73. The predicted molar refractivity (Wildman–Crippen MR) is 57.0 cm³/mol. The number of hydrogen-bond donors (Lipinski definition) is 1. The molecule has 0 unspecified atom stereocenters. The van der Waals surface area contributed by atoms with Crippen molar-refractivity contribution >= 4 is 28.8 Å². The van der Waals surface area contributed by atoms with E-state index in [0.717, 1.165) is 16.3 Å². The molecular weight excluding hydrogens is 204 g/mol. The van der Waals surface area contributed by atoms with Gasteiger partial charge in [0, 0.05) is 16.0 Å². The number of aromatic nitrogens is 1. The largest absolute Gasteiger partial charge is 0.396 e. The Balaban J connectivity index is 2.47. The van der Waals surface area contributed by atoms with Crippen LogP contribution in [-0.4, -0.2) is 4.37 Å². The van der Waals surface area contributed by atoms with Crippen LogP contribution >= 0.6 is 23.1 Å². The van der Waals surface area contributed by atoms with Crippen molar-refractivity contribution in [3.05, 3.63) is 34.7 Å². The van der Waals surface area contributed by atoms with Crippen LogP contribution in [0.25, 0.3) is 11.3 Å². The highest BCUT2D eigenvalue weighted by molar-refractivity contribution is 7.04. The zero-order chi connectivity index (χ0) is 9.26. The molecule has 4 heteroatoms.